The summed E-state index contributed by atoms with van der Waals surface area (Å²) in [4.78, 5) is 14.4. The van der Waals surface area contributed by atoms with Crippen molar-refractivity contribution in [3.8, 4) is 0 Å². The summed E-state index contributed by atoms with van der Waals surface area (Å²) >= 11 is 0. The Labute approximate surface area is 75.4 Å². The van der Waals surface area contributed by atoms with E-state index in [0.29, 0.717) is 5.82 Å². The molecule has 0 amide bonds. The first-order chi connectivity index (χ1) is 5.93. The van der Waals surface area contributed by atoms with Gasteiger partial charge in [-0.05, 0) is 6.92 Å². The smallest absolute Gasteiger partial charge is 0.305 e. The molecule has 0 saturated heterocycles. The molecule has 1 heterocycles. The second-order valence-electron chi connectivity index (χ2n) is 3.20. The highest BCUT2D eigenvalue weighted by molar-refractivity contribution is 5.68. The van der Waals surface area contributed by atoms with Gasteiger partial charge in [0.25, 0.3) is 0 Å². The lowest BCUT2D eigenvalue weighted by molar-refractivity contribution is -0.138. The molecular formula is C7H12N4O2. The molecule has 72 valence electrons. The van der Waals surface area contributed by atoms with Gasteiger partial charge in [0.2, 0.25) is 0 Å². The molecule has 0 aliphatic heterocycles. The number of nitrogens with zero attached hydrogens (tertiary/aromatic N) is 3. The highest BCUT2D eigenvalue weighted by atomic mass is 16.4. The zero-order chi connectivity index (χ0) is 10.1. The minimum Gasteiger partial charge on any atom is -0.481 e. The van der Waals surface area contributed by atoms with Gasteiger partial charge in [-0.2, -0.15) is 5.10 Å². The van der Waals surface area contributed by atoms with Crippen LogP contribution in [0.3, 0.4) is 0 Å². The molecular weight excluding hydrogens is 172 g/mol. The Morgan fingerprint density at radius 3 is 2.85 bits per heavy atom. The van der Waals surface area contributed by atoms with Crippen molar-refractivity contribution in [2.24, 2.45) is 12.8 Å². The lowest BCUT2D eigenvalue weighted by Gasteiger charge is -2.20. The van der Waals surface area contributed by atoms with Crippen molar-refractivity contribution in [1.82, 2.24) is 14.8 Å². The van der Waals surface area contributed by atoms with Crippen molar-refractivity contribution in [1.29, 1.82) is 0 Å². The normalized spacial score (nSPS) is 15.3. The van der Waals surface area contributed by atoms with Crippen molar-refractivity contribution in [3.63, 3.8) is 0 Å². The third kappa shape index (κ3) is 2.03. The molecule has 0 fully saturated rings. The van der Waals surface area contributed by atoms with Crippen LogP contribution in [0, 0.1) is 0 Å². The van der Waals surface area contributed by atoms with Crippen LogP contribution in [0.5, 0.6) is 0 Å². The first-order valence-electron chi connectivity index (χ1n) is 3.78. The lowest BCUT2D eigenvalue weighted by Crippen LogP contribution is -2.38. The summed E-state index contributed by atoms with van der Waals surface area (Å²) in [6, 6.07) is 0. The highest BCUT2D eigenvalue weighted by Crippen LogP contribution is 2.17. The number of hydrogen-bond acceptors (Lipinski definition) is 4. The van der Waals surface area contributed by atoms with Gasteiger partial charge in [0.15, 0.2) is 0 Å². The number of carboxylic acid groups (broad SMARTS) is 1. The summed E-state index contributed by atoms with van der Waals surface area (Å²) in [6.45, 7) is 1.62. The number of nitrogens with two attached hydrogens (primary N) is 1. The summed E-state index contributed by atoms with van der Waals surface area (Å²) in [5, 5.41) is 12.4. The van der Waals surface area contributed by atoms with Crippen LogP contribution in [0.1, 0.15) is 19.2 Å². The standard InChI is InChI=1S/C7H12N4O2/c1-7(8,3-5(12)13)6-9-4-10-11(6)2/h4H,3,8H2,1-2H3,(H,12,13)/t7-/m0/s1. The minimum absolute atomic E-state index is 0.167. The van der Waals surface area contributed by atoms with Crippen LogP contribution < -0.4 is 5.73 Å². The first-order valence-corrected chi connectivity index (χ1v) is 3.78. The van der Waals surface area contributed by atoms with Crippen LogP contribution in [0.2, 0.25) is 0 Å². The topological polar surface area (TPSA) is 94.0 Å². The third-order valence-corrected chi connectivity index (χ3v) is 1.74. The zero-order valence-electron chi connectivity index (χ0n) is 7.56. The molecule has 0 bridgehead atoms. The van der Waals surface area contributed by atoms with E-state index in [2.05, 4.69) is 10.1 Å². The van der Waals surface area contributed by atoms with E-state index in [1.165, 1.54) is 11.0 Å². The fraction of sp³-hybridized carbons (Fsp3) is 0.571. The van der Waals surface area contributed by atoms with Gasteiger partial charge in [0.05, 0.1) is 12.0 Å². The molecule has 0 aromatic carbocycles. The van der Waals surface area contributed by atoms with Crippen molar-refractivity contribution in [2.45, 2.75) is 18.9 Å². The molecule has 1 aromatic rings. The Kier molecular flexibility index (Phi) is 2.33. The van der Waals surface area contributed by atoms with E-state index in [9.17, 15) is 4.79 Å². The van der Waals surface area contributed by atoms with Gasteiger partial charge < -0.3 is 10.8 Å². The highest BCUT2D eigenvalue weighted by Gasteiger charge is 2.29. The molecule has 0 saturated carbocycles. The second-order valence-corrected chi connectivity index (χ2v) is 3.20. The monoisotopic (exact) mass is 184 g/mol. The Morgan fingerprint density at radius 1 is 1.85 bits per heavy atom. The Bertz CT molecular complexity index is 318. The van der Waals surface area contributed by atoms with E-state index in [1.54, 1.807) is 14.0 Å². The van der Waals surface area contributed by atoms with Crippen LogP contribution in [0.15, 0.2) is 6.33 Å². The molecule has 3 N–H and O–H groups in total. The van der Waals surface area contributed by atoms with Crippen LogP contribution in [0.4, 0.5) is 0 Å². The molecule has 6 heteroatoms. The average Bonchev–Trinajstić information content (AvgIpc) is 2.32. The molecule has 1 atom stereocenters. The molecule has 1 aromatic heterocycles. The van der Waals surface area contributed by atoms with Gasteiger partial charge in [0.1, 0.15) is 12.2 Å². The molecule has 0 spiro atoms. The molecule has 0 aliphatic carbocycles. The predicted octanol–water partition coefficient (Wildman–Crippen LogP) is -0.536. The van der Waals surface area contributed by atoms with E-state index in [0.717, 1.165) is 0 Å². The summed E-state index contributed by atoms with van der Waals surface area (Å²) in [7, 11) is 1.68. The van der Waals surface area contributed by atoms with Gasteiger partial charge in [-0.15, -0.1) is 0 Å². The Morgan fingerprint density at radius 2 is 2.46 bits per heavy atom. The number of aryl methyl sites for hydroxylation is 1. The van der Waals surface area contributed by atoms with Crippen molar-refractivity contribution < 1.29 is 9.90 Å². The van der Waals surface area contributed by atoms with Gasteiger partial charge >= 0.3 is 5.97 Å². The zero-order valence-corrected chi connectivity index (χ0v) is 7.56. The van der Waals surface area contributed by atoms with Gasteiger partial charge in [-0.1, -0.05) is 0 Å². The molecule has 0 aliphatic rings. The number of hydrogen-bond donors (Lipinski definition) is 2. The second kappa shape index (κ2) is 3.14. The van der Waals surface area contributed by atoms with Gasteiger partial charge in [0, 0.05) is 7.05 Å². The van der Waals surface area contributed by atoms with E-state index >= 15 is 0 Å². The molecule has 1 rings (SSSR count). The van der Waals surface area contributed by atoms with Crippen LogP contribution in [0.25, 0.3) is 0 Å². The largest absolute Gasteiger partial charge is 0.481 e. The van der Waals surface area contributed by atoms with Crippen LogP contribution >= 0.6 is 0 Å². The van der Waals surface area contributed by atoms with Gasteiger partial charge in [-0.25, -0.2) is 4.98 Å². The number of aliphatic carboxylic acids is 1. The Hall–Kier alpha value is -1.43. The van der Waals surface area contributed by atoms with E-state index in [1.807, 2.05) is 0 Å². The summed E-state index contributed by atoms with van der Waals surface area (Å²) in [6.07, 6.45) is 1.18. The summed E-state index contributed by atoms with van der Waals surface area (Å²) in [5.74, 6) is -0.483. The maximum absolute atomic E-state index is 10.5. The quantitative estimate of drug-likeness (QED) is 0.658. The fourth-order valence-electron chi connectivity index (χ4n) is 1.21. The number of aromatic nitrogens is 3. The van der Waals surface area contributed by atoms with Crippen LogP contribution in [-0.4, -0.2) is 25.8 Å². The molecule has 13 heavy (non-hydrogen) atoms. The van der Waals surface area contributed by atoms with E-state index < -0.39 is 11.5 Å². The minimum atomic E-state index is -0.975. The van der Waals surface area contributed by atoms with Crippen molar-refractivity contribution >= 4 is 5.97 Å². The predicted molar refractivity (Wildman–Crippen MR) is 44.8 cm³/mol. The number of carbonyl (C=O) groups is 1. The van der Waals surface area contributed by atoms with E-state index in [-0.39, 0.29) is 6.42 Å². The lowest BCUT2D eigenvalue weighted by atomic mass is 9.98. The maximum Gasteiger partial charge on any atom is 0.305 e. The summed E-state index contributed by atoms with van der Waals surface area (Å²) in [5.41, 5.74) is 4.80. The average molecular weight is 184 g/mol. The first kappa shape index (κ1) is 9.66. The molecule has 0 radical (unpaired) electrons. The SMILES string of the molecule is Cn1ncnc1[C@@](C)(N)CC(=O)O. The molecule has 6 nitrogen and oxygen atoms in total. The van der Waals surface area contributed by atoms with Crippen molar-refractivity contribution in [3.05, 3.63) is 12.2 Å². The van der Waals surface area contributed by atoms with E-state index in [4.69, 9.17) is 10.8 Å². The third-order valence-electron chi connectivity index (χ3n) is 1.74. The van der Waals surface area contributed by atoms with Crippen LogP contribution in [-0.2, 0) is 17.4 Å². The van der Waals surface area contributed by atoms with Gasteiger partial charge in [-0.3, -0.25) is 9.48 Å². The number of carboxylic acids is 1. The molecule has 0 unspecified atom stereocenters. The Balaban J connectivity index is 2.93. The summed E-state index contributed by atoms with van der Waals surface area (Å²) < 4.78 is 1.48. The maximum atomic E-state index is 10.5. The van der Waals surface area contributed by atoms with Crippen molar-refractivity contribution in [2.75, 3.05) is 0 Å². The number of rotatable bonds is 3. The fourth-order valence-corrected chi connectivity index (χ4v) is 1.21.